The van der Waals surface area contributed by atoms with Gasteiger partial charge in [-0.05, 0) is 26.3 Å². The molecule has 2 atom stereocenters. The lowest BCUT2D eigenvalue weighted by Gasteiger charge is -2.30. The van der Waals surface area contributed by atoms with Crippen LogP contribution in [0, 0.1) is 11.8 Å². The van der Waals surface area contributed by atoms with Crippen LogP contribution in [0.25, 0.3) is 0 Å². The quantitative estimate of drug-likeness (QED) is 0.768. The standard InChI is InChI=1S/C14H27N3O2/c1-10(2)13(18)16-7-8-17(4)14(19)12-5-6-15-11(3)9-12/h10-12,15H,5-9H2,1-4H3,(H,16,18)/t11-,12-/m0/s1. The van der Waals surface area contributed by atoms with E-state index in [4.69, 9.17) is 0 Å². The molecule has 1 saturated heterocycles. The minimum Gasteiger partial charge on any atom is -0.354 e. The minimum absolute atomic E-state index is 0.00808. The predicted molar refractivity (Wildman–Crippen MR) is 75.7 cm³/mol. The molecule has 2 N–H and O–H groups in total. The molecule has 110 valence electrons. The number of carbonyl (C=O) groups excluding carboxylic acids is 2. The average molecular weight is 269 g/mol. The predicted octanol–water partition coefficient (Wildman–Crippen LogP) is 0.605. The van der Waals surface area contributed by atoms with Crippen LogP contribution in [0.15, 0.2) is 0 Å². The van der Waals surface area contributed by atoms with E-state index in [1.807, 2.05) is 20.9 Å². The third-order valence-corrected chi connectivity index (χ3v) is 3.62. The van der Waals surface area contributed by atoms with Gasteiger partial charge in [-0.25, -0.2) is 0 Å². The average Bonchev–Trinajstić information content (AvgIpc) is 2.37. The molecule has 0 saturated carbocycles. The zero-order chi connectivity index (χ0) is 14.4. The van der Waals surface area contributed by atoms with Crippen LogP contribution in [-0.4, -0.2) is 49.4 Å². The van der Waals surface area contributed by atoms with Gasteiger partial charge in [0, 0.05) is 38.0 Å². The van der Waals surface area contributed by atoms with E-state index in [1.54, 1.807) is 4.90 Å². The van der Waals surface area contributed by atoms with E-state index in [0.29, 0.717) is 19.1 Å². The number of likely N-dealkylation sites (N-methyl/N-ethyl adjacent to an activating group) is 1. The van der Waals surface area contributed by atoms with E-state index in [1.165, 1.54) is 0 Å². The lowest BCUT2D eigenvalue weighted by atomic mass is 9.92. The second-order valence-corrected chi connectivity index (χ2v) is 5.78. The highest BCUT2D eigenvalue weighted by Crippen LogP contribution is 2.18. The maximum absolute atomic E-state index is 12.2. The van der Waals surface area contributed by atoms with E-state index in [0.717, 1.165) is 19.4 Å². The number of piperidine rings is 1. The van der Waals surface area contributed by atoms with Crippen LogP contribution in [0.2, 0.25) is 0 Å². The molecule has 1 heterocycles. The van der Waals surface area contributed by atoms with Gasteiger partial charge in [0.05, 0.1) is 0 Å². The van der Waals surface area contributed by atoms with Crippen LogP contribution in [0.3, 0.4) is 0 Å². The number of rotatable bonds is 5. The smallest absolute Gasteiger partial charge is 0.225 e. The van der Waals surface area contributed by atoms with Crippen molar-refractivity contribution in [2.24, 2.45) is 11.8 Å². The van der Waals surface area contributed by atoms with Gasteiger partial charge in [0.25, 0.3) is 0 Å². The van der Waals surface area contributed by atoms with Gasteiger partial charge in [-0.1, -0.05) is 13.8 Å². The zero-order valence-electron chi connectivity index (χ0n) is 12.5. The summed E-state index contributed by atoms with van der Waals surface area (Å²) in [6.07, 6.45) is 1.81. The summed E-state index contributed by atoms with van der Waals surface area (Å²) >= 11 is 0. The van der Waals surface area contributed by atoms with Crippen LogP contribution in [0.5, 0.6) is 0 Å². The highest BCUT2D eigenvalue weighted by atomic mass is 16.2. The molecule has 1 aliphatic rings. The number of nitrogens with one attached hydrogen (secondary N) is 2. The van der Waals surface area contributed by atoms with Crippen LogP contribution < -0.4 is 10.6 Å². The Kier molecular flexibility index (Phi) is 6.28. The fraction of sp³-hybridized carbons (Fsp3) is 0.857. The lowest BCUT2D eigenvalue weighted by molar-refractivity contribution is -0.135. The lowest BCUT2D eigenvalue weighted by Crippen LogP contribution is -2.45. The zero-order valence-corrected chi connectivity index (χ0v) is 12.5. The molecule has 0 aliphatic carbocycles. The summed E-state index contributed by atoms with van der Waals surface area (Å²) in [7, 11) is 1.82. The van der Waals surface area contributed by atoms with Crippen molar-refractivity contribution in [3.05, 3.63) is 0 Å². The summed E-state index contributed by atoms with van der Waals surface area (Å²) in [4.78, 5) is 25.4. The van der Waals surface area contributed by atoms with Crippen molar-refractivity contribution in [1.29, 1.82) is 0 Å². The fourth-order valence-corrected chi connectivity index (χ4v) is 2.33. The topological polar surface area (TPSA) is 61.4 Å². The summed E-state index contributed by atoms with van der Waals surface area (Å²) in [6, 6.07) is 0.414. The highest BCUT2D eigenvalue weighted by Gasteiger charge is 2.26. The molecule has 5 nitrogen and oxygen atoms in total. The molecular weight excluding hydrogens is 242 g/mol. The third-order valence-electron chi connectivity index (χ3n) is 3.62. The first-order valence-corrected chi connectivity index (χ1v) is 7.18. The molecule has 5 heteroatoms. The first kappa shape index (κ1) is 16.0. The molecule has 0 spiro atoms. The summed E-state index contributed by atoms with van der Waals surface area (Å²) in [6.45, 7) is 7.86. The van der Waals surface area contributed by atoms with E-state index >= 15 is 0 Å². The van der Waals surface area contributed by atoms with Gasteiger partial charge in [0.1, 0.15) is 0 Å². The Bertz CT molecular complexity index is 318. The Morgan fingerprint density at radius 2 is 2.11 bits per heavy atom. The van der Waals surface area contributed by atoms with Gasteiger partial charge in [0.15, 0.2) is 0 Å². The number of nitrogens with zero attached hydrogens (tertiary/aromatic N) is 1. The fourth-order valence-electron chi connectivity index (χ4n) is 2.33. The van der Waals surface area contributed by atoms with Gasteiger partial charge in [0.2, 0.25) is 11.8 Å². The van der Waals surface area contributed by atoms with Crippen molar-refractivity contribution in [3.63, 3.8) is 0 Å². The molecule has 1 fully saturated rings. The Hall–Kier alpha value is -1.10. The SMILES string of the molecule is CC(C)C(=O)NCCN(C)C(=O)[C@H]1CCN[C@@H](C)C1. The molecule has 0 aromatic carbocycles. The summed E-state index contributed by atoms with van der Waals surface area (Å²) in [5, 5.41) is 6.18. The van der Waals surface area contributed by atoms with Crippen LogP contribution in [0.4, 0.5) is 0 Å². The molecule has 0 unspecified atom stereocenters. The summed E-state index contributed by atoms with van der Waals surface area (Å²) < 4.78 is 0. The van der Waals surface area contributed by atoms with E-state index in [2.05, 4.69) is 17.6 Å². The Labute approximate surface area is 116 Å². The van der Waals surface area contributed by atoms with Gasteiger partial charge in [-0.2, -0.15) is 0 Å². The Balaban J connectivity index is 2.30. The van der Waals surface area contributed by atoms with Crippen molar-refractivity contribution in [2.75, 3.05) is 26.7 Å². The number of amides is 2. The monoisotopic (exact) mass is 269 g/mol. The second-order valence-electron chi connectivity index (χ2n) is 5.78. The molecule has 2 amide bonds. The van der Waals surface area contributed by atoms with Crippen molar-refractivity contribution in [2.45, 2.75) is 39.7 Å². The summed E-state index contributed by atoms with van der Waals surface area (Å²) in [5.74, 6) is 0.358. The van der Waals surface area contributed by atoms with Crippen molar-refractivity contribution < 1.29 is 9.59 Å². The van der Waals surface area contributed by atoms with Gasteiger partial charge in [-0.15, -0.1) is 0 Å². The molecule has 19 heavy (non-hydrogen) atoms. The van der Waals surface area contributed by atoms with Crippen molar-refractivity contribution in [1.82, 2.24) is 15.5 Å². The van der Waals surface area contributed by atoms with Crippen molar-refractivity contribution >= 4 is 11.8 Å². The number of hydrogen-bond acceptors (Lipinski definition) is 3. The molecule has 0 bridgehead atoms. The molecule has 0 aromatic heterocycles. The van der Waals surface area contributed by atoms with Crippen LogP contribution in [0.1, 0.15) is 33.6 Å². The summed E-state index contributed by atoms with van der Waals surface area (Å²) in [5.41, 5.74) is 0. The minimum atomic E-state index is -0.00808. The second kappa shape index (κ2) is 7.48. The molecule has 1 rings (SSSR count). The van der Waals surface area contributed by atoms with E-state index in [9.17, 15) is 9.59 Å². The molecular formula is C14H27N3O2. The van der Waals surface area contributed by atoms with E-state index < -0.39 is 0 Å². The largest absolute Gasteiger partial charge is 0.354 e. The first-order chi connectivity index (χ1) is 8.91. The first-order valence-electron chi connectivity index (χ1n) is 7.18. The molecule has 1 aliphatic heterocycles. The van der Waals surface area contributed by atoms with Crippen LogP contribution in [-0.2, 0) is 9.59 Å². The van der Waals surface area contributed by atoms with Crippen molar-refractivity contribution in [3.8, 4) is 0 Å². The Morgan fingerprint density at radius 3 is 2.68 bits per heavy atom. The van der Waals surface area contributed by atoms with Gasteiger partial charge >= 0.3 is 0 Å². The van der Waals surface area contributed by atoms with Gasteiger partial charge in [-0.3, -0.25) is 9.59 Å². The van der Waals surface area contributed by atoms with E-state index in [-0.39, 0.29) is 23.7 Å². The van der Waals surface area contributed by atoms with Gasteiger partial charge < -0.3 is 15.5 Å². The maximum Gasteiger partial charge on any atom is 0.225 e. The number of hydrogen-bond donors (Lipinski definition) is 2. The number of carbonyl (C=O) groups is 2. The molecule has 0 radical (unpaired) electrons. The third kappa shape index (κ3) is 5.19. The normalized spacial score (nSPS) is 23.2. The maximum atomic E-state index is 12.2. The highest BCUT2D eigenvalue weighted by molar-refractivity contribution is 5.79. The Morgan fingerprint density at radius 1 is 1.42 bits per heavy atom. The van der Waals surface area contributed by atoms with Crippen LogP contribution >= 0.6 is 0 Å². The molecule has 0 aromatic rings.